The van der Waals surface area contributed by atoms with Gasteiger partial charge in [-0.3, -0.25) is 4.79 Å². The molecule has 2 heteroatoms. The van der Waals surface area contributed by atoms with Gasteiger partial charge in [-0.25, -0.2) is 0 Å². The number of ketones is 1. The SMILES string of the molecule is O=C(CCC1CCCCC1)Cc1ccccc1CO. The zero-order chi connectivity index (χ0) is 13.5. The number of hydrogen-bond acceptors (Lipinski definition) is 2. The van der Waals surface area contributed by atoms with Crippen molar-refractivity contribution in [1.29, 1.82) is 0 Å². The van der Waals surface area contributed by atoms with E-state index in [-0.39, 0.29) is 6.61 Å². The van der Waals surface area contributed by atoms with Gasteiger partial charge in [0, 0.05) is 12.8 Å². The van der Waals surface area contributed by atoms with Gasteiger partial charge in [0.25, 0.3) is 0 Å². The first-order chi connectivity index (χ1) is 9.29. The standard InChI is InChI=1S/C17H24O2/c18-13-16-9-5-4-8-15(16)12-17(19)11-10-14-6-2-1-3-7-14/h4-5,8-9,14,18H,1-3,6-7,10-13H2. The van der Waals surface area contributed by atoms with Crippen molar-refractivity contribution in [3.8, 4) is 0 Å². The summed E-state index contributed by atoms with van der Waals surface area (Å²) < 4.78 is 0. The fourth-order valence-electron chi connectivity index (χ4n) is 3.03. The third-order valence-corrected chi connectivity index (χ3v) is 4.23. The van der Waals surface area contributed by atoms with Gasteiger partial charge < -0.3 is 5.11 Å². The number of benzene rings is 1. The highest BCUT2D eigenvalue weighted by atomic mass is 16.3. The van der Waals surface area contributed by atoms with Crippen LogP contribution in [0, 0.1) is 5.92 Å². The van der Waals surface area contributed by atoms with Gasteiger partial charge in [-0.1, -0.05) is 56.4 Å². The largest absolute Gasteiger partial charge is 0.392 e. The van der Waals surface area contributed by atoms with Crippen LogP contribution in [0.2, 0.25) is 0 Å². The molecule has 104 valence electrons. The molecule has 1 aromatic rings. The van der Waals surface area contributed by atoms with Crippen molar-refractivity contribution >= 4 is 5.78 Å². The Balaban J connectivity index is 1.80. The second-order valence-electron chi connectivity index (χ2n) is 5.68. The molecule has 2 rings (SSSR count). The average Bonchev–Trinajstić information content (AvgIpc) is 2.47. The van der Waals surface area contributed by atoms with E-state index in [0.29, 0.717) is 18.6 Å². The summed E-state index contributed by atoms with van der Waals surface area (Å²) in [6.45, 7) is 0.0199. The molecule has 0 amide bonds. The first-order valence-corrected chi connectivity index (χ1v) is 7.49. The predicted molar refractivity (Wildman–Crippen MR) is 76.9 cm³/mol. The molecule has 1 aromatic carbocycles. The molecule has 19 heavy (non-hydrogen) atoms. The maximum Gasteiger partial charge on any atom is 0.137 e. The van der Waals surface area contributed by atoms with Crippen LogP contribution in [0.5, 0.6) is 0 Å². The quantitative estimate of drug-likeness (QED) is 0.847. The van der Waals surface area contributed by atoms with E-state index < -0.39 is 0 Å². The molecule has 2 nitrogen and oxygen atoms in total. The summed E-state index contributed by atoms with van der Waals surface area (Å²) in [4.78, 5) is 12.0. The van der Waals surface area contributed by atoms with E-state index in [1.165, 1.54) is 32.1 Å². The maximum absolute atomic E-state index is 12.0. The molecular weight excluding hydrogens is 236 g/mol. The molecule has 1 saturated carbocycles. The molecule has 1 fully saturated rings. The Labute approximate surface area is 115 Å². The van der Waals surface area contributed by atoms with Crippen LogP contribution >= 0.6 is 0 Å². The smallest absolute Gasteiger partial charge is 0.137 e. The zero-order valence-corrected chi connectivity index (χ0v) is 11.6. The van der Waals surface area contributed by atoms with Gasteiger partial charge in [-0.05, 0) is 23.5 Å². The Hall–Kier alpha value is -1.15. The Bertz CT molecular complexity index is 405. The van der Waals surface area contributed by atoms with Gasteiger partial charge in [-0.15, -0.1) is 0 Å². The molecule has 1 aliphatic rings. The Kier molecular flexibility index (Phi) is 5.59. The fraction of sp³-hybridized carbons (Fsp3) is 0.588. The summed E-state index contributed by atoms with van der Waals surface area (Å²) >= 11 is 0. The lowest BCUT2D eigenvalue weighted by atomic mass is 9.85. The molecular formula is C17H24O2. The number of rotatable bonds is 6. The summed E-state index contributed by atoms with van der Waals surface area (Å²) in [7, 11) is 0. The highest BCUT2D eigenvalue weighted by molar-refractivity contribution is 5.81. The molecule has 0 spiro atoms. The lowest BCUT2D eigenvalue weighted by molar-refractivity contribution is -0.118. The lowest BCUT2D eigenvalue weighted by Crippen LogP contribution is -2.11. The monoisotopic (exact) mass is 260 g/mol. The van der Waals surface area contributed by atoms with E-state index in [1.807, 2.05) is 24.3 Å². The van der Waals surface area contributed by atoms with Crippen LogP contribution in [0.25, 0.3) is 0 Å². The van der Waals surface area contributed by atoms with Crippen molar-refractivity contribution in [2.24, 2.45) is 5.92 Å². The van der Waals surface area contributed by atoms with Gasteiger partial charge in [0.15, 0.2) is 0 Å². The minimum Gasteiger partial charge on any atom is -0.392 e. The third kappa shape index (κ3) is 4.46. The topological polar surface area (TPSA) is 37.3 Å². The Morgan fingerprint density at radius 3 is 2.47 bits per heavy atom. The molecule has 0 aliphatic heterocycles. The molecule has 0 atom stereocenters. The summed E-state index contributed by atoms with van der Waals surface area (Å²) in [5.41, 5.74) is 1.87. The van der Waals surface area contributed by atoms with Gasteiger partial charge >= 0.3 is 0 Å². The van der Waals surface area contributed by atoms with Crippen molar-refractivity contribution in [3.63, 3.8) is 0 Å². The summed E-state index contributed by atoms with van der Waals surface area (Å²) in [6.07, 6.45) is 8.89. The zero-order valence-electron chi connectivity index (χ0n) is 11.6. The van der Waals surface area contributed by atoms with Crippen molar-refractivity contribution in [1.82, 2.24) is 0 Å². The predicted octanol–water partition coefficient (Wildman–Crippen LogP) is 3.65. The molecule has 1 aliphatic carbocycles. The lowest BCUT2D eigenvalue weighted by Gasteiger charge is -2.21. The second kappa shape index (κ2) is 7.44. The number of carbonyl (C=O) groups excluding carboxylic acids is 1. The summed E-state index contributed by atoms with van der Waals surface area (Å²) in [5.74, 6) is 1.08. The van der Waals surface area contributed by atoms with Crippen molar-refractivity contribution in [2.45, 2.75) is 58.0 Å². The van der Waals surface area contributed by atoms with Crippen LogP contribution in [0.4, 0.5) is 0 Å². The first-order valence-electron chi connectivity index (χ1n) is 7.49. The Morgan fingerprint density at radius 2 is 1.79 bits per heavy atom. The molecule has 1 N–H and O–H groups in total. The van der Waals surface area contributed by atoms with Crippen LogP contribution in [-0.2, 0) is 17.8 Å². The number of carbonyl (C=O) groups is 1. The number of aliphatic hydroxyl groups excluding tert-OH is 1. The Morgan fingerprint density at radius 1 is 1.11 bits per heavy atom. The van der Waals surface area contributed by atoms with Crippen molar-refractivity contribution in [2.75, 3.05) is 0 Å². The van der Waals surface area contributed by atoms with Crippen LogP contribution in [0.1, 0.15) is 56.1 Å². The van der Waals surface area contributed by atoms with E-state index in [1.54, 1.807) is 0 Å². The van der Waals surface area contributed by atoms with E-state index in [4.69, 9.17) is 0 Å². The minimum atomic E-state index is 0.0199. The molecule has 0 saturated heterocycles. The van der Waals surface area contributed by atoms with Crippen LogP contribution in [-0.4, -0.2) is 10.9 Å². The number of aliphatic hydroxyl groups is 1. The maximum atomic E-state index is 12.0. The van der Waals surface area contributed by atoms with Gasteiger partial charge in [0.2, 0.25) is 0 Å². The molecule has 0 aromatic heterocycles. The van der Waals surface area contributed by atoms with Crippen molar-refractivity contribution in [3.05, 3.63) is 35.4 Å². The van der Waals surface area contributed by atoms with Gasteiger partial charge in [0.05, 0.1) is 6.61 Å². The average molecular weight is 260 g/mol. The van der Waals surface area contributed by atoms with E-state index in [2.05, 4.69) is 0 Å². The van der Waals surface area contributed by atoms with E-state index in [9.17, 15) is 9.90 Å². The number of hydrogen-bond donors (Lipinski definition) is 1. The summed E-state index contributed by atoms with van der Waals surface area (Å²) in [5, 5.41) is 9.25. The number of Topliss-reactive ketones (excluding diaryl/α,β-unsaturated/α-hetero) is 1. The fourth-order valence-corrected chi connectivity index (χ4v) is 3.03. The molecule has 0 radical (unpaired) electrons. The van der Waals surface area contributed by atoms with Gasteiger partial charge in [-0.2, -0.15) is 0 Å². The van der Waals surface area contributed by atoms with Crippen molar-refractivity contribution < 1.29 is 9.90 Å². The third-order valence-electron chi connectivity index (χ3n) is 4.23. The minimum absolute atomic E-state index is 0.0199. The highest BCUT2D eigenvalue weighted by Gasteiger charge is 2.15. The molecule has 0 heterocycles. The second-order valence-corrected chi connectivity index (χ2v) is 5.68. The van der Waals surface area contributed by atoms with Crippen LogP contribution < -0.4 is 0 Å². The molecule has 0 unspecified atom stereocenters. The van der Waals surface area contributed by atoms with Gasteiger partial charge in [0.1, 0.15) is 5.78 Å². The normalized spacial score (nSPS) is 16.5. The first kappa shape index (κ1) is 14.3. The highest BCUT2D eigenvalue weighted by Crippen LogP contribution is 2.27. The van der Waals surface area contributed by atoms with E-state index in [0.717, 1.165) is 23.5 Å². The molecule has 0 bridgehead atoms. The summed E-state index contributed by atoms with van der Waals surface area (Å²) in [6, 6.07) is 7.68. The van der Waals surface area contributed by atoms with Crippen LogP contribution in [0.3, 0.4) is 0 Å². The van der Waals surface area contributed by atoms with E-state index >= 15 is 0 Å². The van der Waals surface area contributed by atoms with Crippen LogP contribution in [0.15, 0.2) is 24.3 Å².